The van der Waals surface area contributed by atoms with Crippen molar-refractivity contribution in [2.24, 2.45) is 45.1 Å². The quantitative estimate of drug-likeness (QED) is 0.209. The summed E-state index contributed by atoms with van der Waals surface area (Å²) in [6, 6.07) is 13.0. The molecular formula is C39H50N2O7. The van der Waals surface area contributed by atoms with Crippen LogP contribution in [0, 0.1) is 39.4 Å². The second kappa shape index (κ2) is 12.3. The number of aliphatic hydroxyl groups is 1. The van der Waals surface area contributed by atoms with Gasteiger partial charge in [0.05, 0.1) is 12.1 Å². The standard InChI is InChI=1S/C39H50N2O7/c1-6-36(4)19-31(37(5)23(2)18-39-22-38(35(37)39,15-14-30(39)43)24(3)33(36)45)48-32(44)21-47-28-9-7-8-26(16-28)20-41-34(46)29(40)17-25-10-12-27(42)13-11-25/h6-13,16,23-24,29,31,33,35,42,45H,1,14-15,17-22,40H2,2-5H3,(H,41,46)/t23?,24-,29+,31+,33-,35?,36+,37-,38?,39?/m0/s1. The number of rotatable bonds is 10. The van der Waals surface area contributed by atoms with E-state index in [2.05, 4.69) is 32.7 Å². The van der Waals surface area contributed by atoms with Crippen LogP contribution in [0.4, 0.5) is 0 Å². The number of ketones is 1. The van der Waals surface area contributed by atoms with E-state index in [0.29, 0.717) is 30.8 Å². The molecule has 258 valence electrons. The van der Waals surface area contributed by atoms with Crippen LogP contribution in [0.3, 0.4) is 0 Å². The highest BCUT2D eigenvalue weighted by Gasteiger charge is 2.81. The lowest BCUT2D eigenvalue weighted by atomic mass is 9.32. The lowest BCUT2D eigenvalue weighted by Crippen LogP contribution is -2.71. The van der Waals surface area contributed by atoms with E-state index in [0.717, 1.165) is 30.4 Å². The number of esters is 1. The van der Waals surface area contributed by atoms with E-state index < -0.39 is 40.5 Å². The SMILES string of the molecule is C=C[C@]1(C)C[C@@H](OC(=O)COc2cccc(CNC(=O)[C@H](N)Cc3ccc(O)cc3)c2)[C@]2(C)C(C)CC34CC(CCC3=O)(C42)[C@@H](C)[C@@H]1O. The highest BCUT2D eigenvalue weighted by atomic mass is 16.6. The van der Waals surface area contributed by atoms with E-state index in [1.807, 2.05) is 19.1 Å². The van der Waals surface area contributed by atoms with Gasteiger partial charge in [0.25, 0.3) is 0 Å². The van der Waals surface area contributed by atoms with Crippen LogP contribution < -0.4 is 15.8 Å². The molecule has 5 N–H and O–H groups in total. The zero-order valence-electron chi connectivity index (χ0n) is 28.5. The van der Waals surface area contributed by atoms with E-state index in [-0.39, 0.29) is 48.0 Å². The van der Waals surface area contributed by atoms with Crippen molar-refractivity contribution in [1.82, 2.24) is 5.32 Å². The zero-order chi connectivity index (χ0) is 34.6. The second-order valence-corrected chi connectivity index (χ2v) is 15.7. The first kappa shape index (κ1) is 34.2. The number of benzene rings is 2. The topological polar surface area (TPSA) is 148 Å². The lowest BCUT2D eigenvalue weighted by Gasteiger charge is -2.71. The van der Waals surface area contributed by atoms with Crippen molar-refractivity contribution in [3.8, 4) is 11.5 Å². The van der Waals surface area contributed by atoms with Gasteiger partial charge < -0.3 is 30.7 Å². The summed E-state index contributed by atoms with van der Waals surface area (Å²) in [5, 5.41) is 24.1. The third-order valence-electron chi connectivity index (χ3n) is 13.1. The Hall–Kier alpha value is -3.69. The Morgan fingerprint density at radius 2 is 1.85 bits per heavy atom. The van der Waals surface area contributed by atoms with E-state index >= 15 is 0 Å². The van der Waals surface area contributed by atoms with Gasteiger partial charge in [-0.25, -0.2) is 4.79 Å². The predicted octanol–water partition coefficient (Wildman–Crippen LogP) is 4.86. The Morgan fingerprint density at radius 1 is 1.12 bits per heavy atom. The average Bonchev–Trinajstić information content (AvgIpc) is 3.26. The molecule has 0 heterocycles. The summed E-state index contributed by atoms with van der Waals surface area (Å²) in [5.41, 5.74) is 6.03. The maximum atomic E-state index is 13.5. The summed E-state index contributed by atoms with van der Waals surface area (Å²) in [7, 11) is 0. The minimum absolute atomic E-state index is 0.0107. The molecule has 0 radical (unpaired) electrons. The van der Waals surface area contributed by atoms with Crippen LogP contribution in [0.1, 0.15) is 70.9 Å². The molecule has 2 aromatic carbocycles. The van der Waals surface area contributed by atoms with Crippen LogP contribution in [0.25, 0.3) is 0 Å². The molecule has 0 aliphatic heterocycles. The van der Waals surface area contributed by atoms with Crippen LogP contribution in [-0.2, 0) is 32.1 Å². The first-order valence-electron chi connectivity index (χ1n) is 17.3. The molecule has 2 bridgehead atoms. The fourth-order valence-electron chi connectivity index (χ4n) is 10.4. The Bertz CT molecular complexity index is 1590. The van der Waals surface area contributed by atoms with E-state index in [1.165, 1.54) is 0 Å². The van der Waals surface area contributed by atoms with Gasteiger partial charge in [0.15, 0.2) is 6.61 Å². The molecule has 0 saturated heterocycles. The van der Waals surface area contributed by atoms with Crippen molar-refractivity contribution in [1.29, 1.82) is 0 Å². The van der Waals surface area contributed by atoms with Crippen molar-refractivity contribution >= 4 is 17.7 Å². The number of aromatic hydroxyl groups is 1. The number of phenols is 1. The Kier molecular flexibility index (Phi) is 8.78. The lowest BCUT2D eigenvalue weighted by molar-refractivity contribution is -0.258. The summed E-state index contributed by atoms with van der Waals surface area (Å²) in [6.07, 6.45) is 4.26. The average molecular weight is 659 g/mol. The molecule has 48 heavy (non-hydrogen) atoms. The van der Waals surface area contributed by atoms with Gasteiger partial charge in [-0.15, -0.1) is 6.58 Å². The van der Waals surface area contributed by atoms with E-state index in [4.69, 9.17) is 15.2 Å². The molecule has 6 rings (SSSR count). The van der Waals surface area contributed by atoms with Crippen LogP contribution in [-0.4, -0.2) is 52.7 Å². The number of carbonyl (C=O) groups is 3. The van der Waals surface area contributed by atoms with Crippen LogP contribution in [0.15, 0.2) is 61.2 Å². The molecule has 2 aromatic rings. The van der Waals surface area contributed by atoms with Gasteiger partial charge in [-0.05, 0) is 90.7 Å². The van der Waals surface area contributed by atoms with E-state index in [1.54, 1.807) is 42.5 Å². The molecule has 9 heteroatoms. The van der Waals surface area contributed by atoms with E-state index in [9.17, 15) is 24.6 Å². The molecular weight excluding hydrogens is 608 g/mol. The molecule has 1 amide bonds. The summed E-state index contributed by atoms with van der Waals surface area (Å²) < 4.78 is 12.3. The number of ether oxygens (including phenoxy) is 2. The third-order valence-corrected chi connectivity index (χ3v) is 13.1. The first-order chi connectivity index (χ1) is 22.7. The predicted molar refractivity (Wildman–Crippen MR) is 181 cm³/mol. The summed E-state index contributed by atoms with van der Waals surface area (Å²) in [4.78, 5) is 39.7. The maximum absolute atomic E-state index is 13.5. The minimum Gasteiger partial charge on any atom is -0.508 e. The smallest absolute Gasteiger partial charge is 0.344 e. The number of nitrogens with two attached hydrogens (primary N) is 1. The number of amides is 1. The highest BCUT2D eigenvalue weighted by Crippen LogP contribution is 2.82. The third kappa shape index (κ3) is 5.43. The molecule has 4 aliphatic carbocycles. The van der Waals surface area contributed by atoms with Gasteiger partial charge in [0.2, 0.25) is 5.91 Å². The maximum Gasteiger partial charge on any atom is 0.344 e. The zero-order valence-corrected chi connectivity index (χ0v) is 28.5. The molecule has 9 nitrogen and oxygen atoms in total. The van der Waals surface area contributed by atoms with Crippen molar-refractivity contribution in [2.75, 3.05) is 6.61 Å². The number of carbonyl (C=O) groups excluding carboxylic acids is 3. The molecule has 10 atom stereocenters. The Morgan fingerprint density at radius 3 is 2.56 bits per heavy atom. The number of phenolic OH excluding ortho intramolecular Hbond substituents is 1. The molecule has 2 spiro atoms. The fourth-order valence-corrected chi connectivity index (χ4v) is 10.4. The molecule has 0 aromatic heterocycles. The normalized spacial score (nSPS) is 37.2. The summed E-state index contributed by atoms with van der Waals surface area (Å²) in [5.74, 6) is 0.328. The molecule has 4 unspecified atom stereocenters. The van der Waals surface area contributed by atoms with Crippen molar-refractivity contribution < 1.29 is 34.1 Å². The Balaban J connectivity index is 1.12. The highest BCUT2D eigenvalue weighted by molar-refractivity contribution is 5.89. The van der Waals surface area contributed by atoms with Gasteiger partial charge in [-0.1, -0.05) is 58.0 Å². The number of nitrogens with one attached hydrogen (secondary N) is 1. The number of aliphatic hydroxyl groups excluding tert-OH is 1. The summed E-state index contributed by atoms with van der Waals surface area (Å²) in [6.45, 7) is 12.6. The number of Topliss-reactive ketones (excluding diaryl/α,β-unsaturated/α-hetero) is 1. The number of hydrogen-bond acceptors (Lipinski definition) is 8. The largest absolute Gasteiger partial charge is 0.508 e. The van der Waals surface area contributed by atoms with Gasteiger partial charge in [-0.2, -0.15) is 0 Å². The minimum atomic E-state index is -0.754. The van der Waals surface area contributed by atoms with Crippen LogP contribution in [0.5, 0.6) is 11.5 Å². The molecule has 4 aliphatic rings. The molecule has 4 fully saturated rings. The van der Waals surface area contributed by atoms with Gasteiger partial charge >= 0.3 is 5.97 Å². The van der Waals surface area contributed by atoms with Gasteiger partial charge in [0, 0.05) is 29.2 Å². The van der Waals surface area contributed by atoms with Crippen molar-refractivity contribution in [3.05, 3.63) is 72.3 Å². The summed E-state index contributed by atoms with van der Waals surface area (Å²) >= 11 is 0. The van der Waals surface area contributed by atoms with Crippen LogP contribution >= 0.6 is 0 Å². The fraction of sp³-hybridized carbons (Fsp3) is 0.564. The van der Waals surface area contributed by atoms with Gasteiger partial charge in [0.1, 0.15) is 23.4 Å². The van der Waals surface area contributed by atoms with Gasteiger partial charge in [-0.3, -0.25) is 9.59 Å². The van der Waals surface area contributed by atoms with Crippen molar-refractivity contribution in [2.45, 2.75) is 91.0 Å². The number of hydrogen-bond donors (Lipinski definition) is 4. The Labute approximate surface area is 283 Å². The van der Waals surface area contributed by atoms with Crippen LogP contribution in [0.2, 0.25) is 0 Å². The van der Waals surface area contributed by atoms with Crippen molar-refractivity contribution in [3.63, 3.8) is 0 Å². The monoisotopic (exact) mass is 658 g/mol. The molecule has 4 saturated carbocycles. The second-order valence-electron chi connectivity index (χ2n) is 15.7. The first-order valence-corrected chi connectivity index (χ1v) is 17.3.